The van der Waals surface area contributed by atoms with Crippen LogP contribution in [0.25, 0.3) is 0 Å². The Balaban J connectivity index is 2.04. The highest BCUT2D eigenvalue weighted by Gasteiger charge is 2.26. The van der Waals surface area contributed by atoms with Crippen LogP contribution in [0.15, 0.2) is 0 Å². The highest BCUT2D eigenvalue weighted by atomic mass is 15.5. The molecule has 1 aromatic heterocycles. The Bertz CT molecular complexity index is 252. The maximum absolute atomic E-state index is 5.77. The second-order valence-electron chi connectivity index (χ2n) is 4.01. The van der Waals surface area contributed by atoms with Crippen molar-refractivity contribution in [3.8, 4) is 0 Å². The van der Waals surface area contributed by atoms with Crippen molar-refractivity contribution in [2.24, 2.45) is 11.7 Å². The van der Waals surface area contributed by atoms with Gasteiger partial charge in [-0.05, 0) is 18.8 Å². The van der Waals surface area contributed by atoms with E-state index in [9.17, 15) is 0 Å². The van der Waals surface area contributed by atoms with E-state index in [0.29, 0.717) is 18.4 Å². The van der Waals surface area contributed by atoms with Crippen LogP contribution < -0.4 is 5.73 Å². The number of hydrogen-bond acceptors (Lipinski definition) is 4. The molecule has 0 aromatic carbocycles. The number of nitrogens with two attached hydrogens (primary N) is 1. The van der Waals surface area contributed by atoms with Gasteiger partial charge in [0.25, 0.3) is 0 Å². The molecular formula is C9H17N5. The molecule has 5 nitrogen and oxygen atoms in total. The molecule has 78 valence electrons. The molecule has 14 heavy (non-hydrogen) atoms. The van der Waals surface area contributed by atoms with Crippen molar-refractivity contribution >= 4 is 0 Å². The van der Waals surface area contributed by atoms with Crippen molar-refractivity contribution in [1.29, 1.82) is 0 Å². The summed E-state index contributed by atoms with van der Waals surface area (Å²) in [6.45, 7) is 0.629. The monoisotopic (exact) mass is 195 g/mol. The maximum atomic E-state index is 5.77. The molecule has 0 amide bonds. The zero-order valence-electron chi connectivity index (χ0n) is 8.32. The maximum Gasteiger partial charge on any atom is 0.179 e. The van der Waals surface area contributed by atoms with Gasteiger partial charge in [-0.25, -0.2) is 0 Å². The van der Waals surface area contributed by atoms with Crippen LogP contribution in [0.3, 0.4) is 0 Å². The average Bonchev–Trinajstić information content (AvgIpc) is 2.74. The second kappa shape index (κ2) is 4.50. The summed E-state index contributed by atoms with van der Waals surface area (Å²) in [6.07, 6.45) is 6.52. The number of nitrogens with one attached hydrogen (secondary N) is 1. The minimum atomic E-state index is 0.300. The third-order valence-electron chi connectivity index (χ3n) is 3.17. The van der Waals surface area contributed by atoms with Crippen molar-refractivity contribution in [3.05, 3.63) is 5.82 Å². The first-order valence-corrected chi connectivity index (χ1v) is 5.35. The van der Waals surface area contributed by atoms with Crippen molar-refractivity contribution in [1.82, 2.24) is 20.6 Å². The molecule has 1 aliphatic carbocycles. The predicted octanol–water partition coefficient (Wildman–Crippen LogP) is 0.822. The minimum Gasteiger partial charge on any atom is -0.330 e. The molecule has 0 saturated heterocycles. The average molecular weight is 195 g/mol. The summed E-state index contributed by atoms with van der Waals surface area (Å²) < 4.78 is 0. The van der Waals surface area contributed by atoms with E-state index in [0.717, 1.165) is 5.82 Å². The molecule has 1 aromatic rings. The summed E-state index contributed by atoms with van der Waals surface area (Å²) >= 11 is 0. The molecule has 1 aliphatic rings. The minimum absolute atomic E-state index is 0.300. The molecule has 5 heteroatoms. The van der Waals surface area contributed by atoms with Gasteiger partial charge in [-0.2, -0.15) is 5.21 Å². The van der Waals surface area contributed by atoms with Crippen molar-refractivity contribution < 1.29 is 0 Å². The summed E-state index contributed by atoms with van der Waals surface area (Å²) in [6, 6.07) is 0. The van der Waals surface area contributed by atoms with Crippen LogP contribution in [0, 0.1) is 5.92 Å². The topological polar surface area (TPSA) is 80.5 Å². The molecular weight excluding hydrogens is 178 g/mol. The molecule has 3 N–H and O–H groups in total. The summed E-state index contributed by atoms with van der Waals surface area (Å²) in [5, 5.41) is 14.2. The largest absolute Gasteiger partial charge is 0.330 e. The van der Waals surface area contributed by atoms with Crippen LogP contribution in [0.5, 0.6) is 0 Å². The lowest BCUT2D eigenvalue weighted by Gasteiger charge is -2.27. The first kappa shape index (κ1) is 9.58. The summed E-state index contributed by atoms with van der Waals surface area (Å²) in [7, 11) is 0. The quantitative estimate of drug-likeness (QED) is 0.748. The summed E-state index contributed by atoms with van der Waals surface area (Å²) in [5.41, 5.74) is 5.77. The molecule has 0 bridgehead atoms. The van der Waals surface area contributed by atoms with E-state index < -0.39 is 0 Å². The Morgan fingerprint density at radius 1 is 1.36 bits per heavy atom. The van der Waals surface area contributed by atoms with E-state index in [1.54, 1.807) is 0 Å². The zero-order valence-corrected chi connectivity index (χ0v) is 8.32. The van der Waals surface area contributed by atoms with Crippen LogP contribution >= 0.6 is 0 Å². The fourth-order valence-electron chi connectivity index (χ4n) is 2.37. The van der Waals surface area contributed by atoms with Gasteiger partial charge in [-0.1, -0.05) is 24.5 Å². The van der Waals surface area contributed by atoms with Crippen LogP contribution in [0.4, 0.5) is 0 Å². The van der Waals surface area contributed by atoms with Gasteiger partial charge < -0.3 is 5.73 Å². The van der Waals surface area contributed by atoms with E-state index in [1.165, 1.54) is 32.1 Å². The van der Waals surface area contributed by atoms with Crippen LogP contribution in [-0.4, -0.2) is 27.2 Å². The highest BCUT2D eigenvalue weighted by Crippen LogP contribution is 2.33. The standard InChI is InChI=1S/C9H17N5/c10-6-8(9-11-13-14-12-9)7-4-2-1-3-5-7/h7-8H,1-6,10H2,(H,11,12,13,14). The number of H-pyrrole nitrogens is 1. The normalized spacial score (nSPS) is 20.9. The molecule has 0 radical (unpaired) electrons. The number of nitrogens with zero attached hydrogens (tertiary/aromatic N) is 3. The number of rotatable bonds is 3. The first-order chi connectivity index (χ1) is 6.92. The Morgan fingerprint density at radius 3 is 2.71 bits per heavy atom. The van der Waals surface area contributed by atoms with E-state index >= 15 is 0 Å². The van der Waals surface area contributed by atoms with E-state index in [4.69, 9.17) is 5.73 Å². The molecule has 1 saturated carbocycles. The number of hydrogen-bond donors (Lipinski definition) is 2. The molecule has 1 heterocycles. The third kappa shape index (κ3) is 1.92. The fourth-order valence-corrected chi connectivity index (χ4v) is 2.37. The molecule has 1 fully saturated rings. The third-order valence-corrected chi connectivity index (χ3v) is 3.17. The van der Waals surface area contributed by atoms with E-state index in [-0.39, 0.29) is 0 Å². The van der Waals surface area contributed by atoms with Crippen LogP contribution in [0.1, 0.15) is 43.8 Å². The van der Waals surface area contributed by atoms with Crippen molar-refractivity contribution in [2.75, 3.05) is 6.54 Å². The van der Waals surface area contributed by atoms with Crippen molar-refractivity contribution in [2.45, 2.75) is 38.0 Å². The van der Waals surface area contributed by atoms with Crippen LogP contribution in [-0.2, 0) is 0 Å². The van der Waals surface area contributed by atoms with Gasteiger partial charge >= 0.3 is 0 Å². The van der Waals surface area contributed by atoms with Gasteiger partial charge in [0.2, 0.25) is 0 Å². The Hall–Kier alpha value is -0.970. The Morgan fingerprint density at radius 2 is 2.14 bits per heavy atom. The Labute approximate surface area is 83.5 Å². The van der Waals surface area contributed by atoms with E-state index in [1.807, 2.05) is 0 Å². The van der Waals surface area contributed by atoms with Crippen molar-refractivity contribution in [3.63, 3.8) is 0 Å². The smallest absolute Gasteiger partial charge is 0.179 e. The highest BCUT2D eigenvalue weighted by molar-refractivity contribution is 4.96. The molecule has 1 atom stereocenters. The molecule has 2 rings (SSSR count). The van der Waals surface area contributed by atoms with Gasteiger partial charge in [0, 0.05) is 12.5 Å². The molecule has 0 spiro atoms. The number of aromatic nitrogens is 4. The lowest BCUT2D eigenvalue weighted by molar-refractivity contribution is 0.300. The van der Waals surface area contributed by atoms with E-state index in [2.05, 4.69) is 20.6 Å². The lowest BCUT2D eigenvalue weighted by Crippen LogP contribution is -2.24. The Kier molecular flexibility index (Phi) is 3.08. The summed E-state index contributed by atoms with van der Waals surface area (Å²) in [4.78, 5) is 0. The predicted molar refractivity (Wildman–Crippen MR) is 52.5 cm³/mol. The van der Waals surface area contributed by atoms with Gasteiger partial charge in [-0.15, -0.1) is 10.2 Å². The number of tetrazole rings is 1. The second-order valence-corrected chi connectivity index (χ2v) is 4.01. The van der Waals surface area contributed by atoms with Crippen LogP contribution in [0.2, 0.25) is 0 Å². The molecule has 0 aliphatic heterocycles. The zero-order chi connectivity index (χ0) is 9.80. The first-order valence-electron chi connectivity index (χ1n) is 5.35. The fraction of sp³-hybridized carbons (Fsp3) is 0.889. The van der Waals surface area contributed by atoms with Gasteiger partial charge in [-0.3, -0.25) is 0 Å². The number of aromatic amines is 1. The van der Waals surface area contributed by atoms with Gasteiger partial charge in [0.15, 0.2) is 5.82 Å². The van der Waals surface area contributed by atoms with Gasteiger partial charge in [0.05, 0.1) is 0 Å². The molecule has 1 unspecified atom stereocenters. The SMILES string of the molecule is NCC(c1nn[nH]n1)C1CCCCC1. The summed E-state index contributed by atoms with van der Waals surface area (Å²) in [5.74, 6) is 1.75. The van der Waals surface area contributed by atoms with Gasteiger partial charge in [0.1, 0.15) is 0 Å². The lowest BCUT2D eigenvalue weighted by atomic mass is 9.79.